The van der Waals surface area contributed by atoms with E-state index in [4.69, 9.17) is 14.5 Å². The van der Waals surface area contributed by atoms with Crippen molar-refractivity contribution in [2.45, 2.75) is 161 Å². The molecule has 1 atom stereocenters. The largest absolute Gasteiger partial charge is 0.465 e. The van der Waals surface area contributed by atoms with Crippen molar-refractivity contribution in [2.24, 2.45) is 0 Å². The Morgan fingerprint density at radius 2 is 1.37 bits per heavy atom. The summed E-state index contributed by atoms with van der Waals surface area (Å²) in [5.41, 5.74) is 4.10. The lowest BCUT2D eigenvalue weighted by Gasteiger charge is -2.30. The van der Waals surface area contributed by atoms with Gasteiger partial charge in [-0.3, -0.25) is 4.98 Å². The van der Waals surface area contributed by atoms with Crippen LogP contribution in [0, 0.1) is 6.92 Å². The number of nitrogens with zero attached hydrogens (tertiary/aromatic N) is 1. The molecule has 1 aliphatic heterocycles. The zero-order chi connectivity index (χ0) is 33.0. The number of hydrogen-bond donors (Lipinski definition) is 1. The van der Waals surface area contributed by atoms with Crippen molar-refractivity contribution in [3.05, 3.63) is 34.5 Å². The van der Waals surface area contributed by atoms with Crippen LogP contribution in [-0.4, -0.2) is 36.5 Å². The zero-order valence-electron chi connectivity index (χ0n) is 29.5. The van der Waals surface area contributed by atoms with Gasteiger partial charge in [-0.05, 0) is 50.5 Å². The summed E-state index contributed by atoms with van der Waals surface area (Å²) in [6.07, 6.45) is 25.9. The van der Waals surface area contributed by atoms with E-state index in [-0.39, 0.29) is 11.2 Å². The van der Waals surface area contributed by atoms with Gasteiger partial charge in [0.05, 0.1) is 18.2 Å². The van der Waals surface area contributed by atoms with Gasteiger partial charge >= 0.3 is 12.1 Å². The van der Waals surface area contributed by atoms with Gasteiger partial charge in [-0.1, -0.05) is 123 Å². The first-order chi connectivity index (χ1) is 22.5. The van der Waals surface area contributed by atoms with Crippen molar-refractivity contribution < 1.29 is 19.1 Å². The highest BCUT2D eigenvalue weighted by Gasteiger charge is 2.32. The number of ether oxygens (including phenoxy) is 2. The molecule has 6 nitrogen and oxygen atoms in total. The van der Waals surface area contributed by atoms with Crippen molar-refractivity contribution in [1.82, 2.24) is 10.3 Å². The van der Waals surface area contributed by atoms with Crippen LogP contribution < -0.4 is 10.1 Å². The number of hydrogen-bond acceptors (Lipinski definition) is 6. The van der Waals surface area contributed by atoms with E-state index in [1.807, 2.05) is 24.8 Å². The number of pyridine rings is 1. The molecule has 1 amide bonds. The fraction of sp³-hybridized carbons (Fsp3) is 0.718. The molecule has 0 saturated carbocycles. The first kappa shape index (κ1) is 38.2. The summed E-state index contributed by atoms with van der Waals surface area (Å²) in [7, 11) is 1.44. The number of carbonyl (C=O) groups is 2. The third kappa shape index (κ3) is 12.4. The lowest BCUT2D eigenvalue weighted by molar-refractivity contribution is 0.0601. The van der Waals surface area contributed by atoms with Crippen molar-refractivity contribution in [2.75, 3.05) is 19.4 Å². The van der Waals surface area contributed by atoms with Crippen LogP contribution in [0.5, 0.6) is 5.75 Å². The average molecular weight is 655 g/mol. The normalized spacial score (nSPS) is 14.3. The molecule has 0 bridgehead atoms. The molecule has 1 N–H and O–H groups in total. The quantitative estimate of drug-likeness (QED) is 0.0896. The van der Waals surface area contributed by atoms with Gasteiger partial charge < -0.3 is 14.8 Å². The molecule has 1 aliphatic rings. The van der Waals surface area contributed by atoms with Gasteiger partial charge in [0.1, 0.15) is 5.75 Å². The topological polar surface area (TPSA) is 77.5 Å². The minimum atomic E-state index is -0.457. The molecular formula is C39H62N2O4S. The Balaban J connectivity index is 1.42. The molecule has 2 heterocycles. The second-order valence-electron chi connectivity index (χ2n) is 13.1. The van der Waals surface area contributed by atoms with Gasteiger partial charge in [0.15, 0.2) is 0 Å². The maximum absolute atomic E-state index is 13.3. The second-order valence-corrected chi connectivity index (χ2v) is 14.5. The summed E-state index contributed by atoms with van der Waals surface area (Å²) in [6.45, 7) is 6.98. The van der Waals surface area contributed by atoms with Crippen LogP contribution in [0.2, 0.25) is 0 Å². The standard InChI is InChI=1S/C39H62N2O4S/c1-5-7-9-10-11-12-13-14-15-16-17-18-19-20-21-23-28-40-39(43)45-33-26-25-32-35(30(33)3)37(38(42)44-4)36(34-27-29-46-34)31(41-32)24-22-8-6-2/h25-26,34H,5-24,27-29H2,1-4H3,(H,40,43). The van der Waals surface area contributed by atoms with E-state index in [0.29, 0.717) is 17.9 Å². The molecule has 2 aromatic rings. The molecule has 258 valence electrons. The number of aromatic nitrogens is 1. The van der Waals surface area contributed by atoms with Crippen molar-refractivity contribution in [3.8, 4) is 5.75 Å². The Morgan fingerprint density at radius 1 is 0.826 bits per heavy atom. The summed E-state index contributed by atoms with van der Waals surface area (Å²) in [4.78, 5) is 31.0. The van der Waals surface area contributed by atoms with E-state index in [0.717, 1.165) is 78.4 Å². The second kappa shape index (κ2) is 22.3. The predicted molar refractivity (Wildman–Crippen MR) is 194 cm³/mol. The molecular weight excluding hydrogens is 593 g/mol. The number of aryl methyl sites for hydroxylation is 2. The summed E-state index contributed by atoms with van der Waals surface area (Å²) in [6, 6.07) is 3.67. The molecule has 0 aliphatic carbocycles. The predicted octanol–water partition coefficient (Wildman–Crippen LogP) is 11.6. The van der Waals surface area contributed by atoms with E-state index in [9.17, 15) is 9.59 Å². The molecule has 0 spiro atoms. The van der Waals surface area contributed by atoms with Crippen LogP contribution >= 0.6 is 11.8 Å². The lowest BCUT2D eigenvalue weighted by Crippen LogP contribution is -2.28. The van der Waals surface area contributed by atoms with E-state index in [2.05, 4.69) is 19.2 Å². The third-order valence-corrected chi connectivity index (χ3v) is 10.8. The Hall–Kier alpha value is -2.28. The minimum absolute atomic E-state index is 0.245. The number of rotatable bonds is 24. The smallest absolute Gasteiger partial charge is 0.412 e. The Morgan fingerprint density at radius 3 is 1.89 bits per heavy atom. The SMILES string of the molecule is CCCCCCCCCCCCCCCCCCNC(=O)Oc1ccc2nc(CCCCC)c(C3CCS3)c(C(=O)OC)c2c1C. The molecule has 1 unspecified atom stereocenters. The van der Waals surface area contributed by atoms with E-state index in [1.54, 1.807) is 6.07 Å². The maximum Gasteiger partial charge on any atom is 0.412 e. The highest BCUT2D eigenvalue weighted by Crippen LogP contribution is 2.47. The first-order valence-corrected chi connectivity index (χ1v) is 19.7. The van der Waals surface area contributed by atoms with E-state index >= 15 is 0 Å². The number of unbranched alkanes of at least 4 members (excludes halogenated alkanes) is 17. The molecule has 1 fully saturated rings. The molecule has 1 aromatic heterocycles. The number of fused-ring (bicyclic) bond motifs is 1. The molecule has 46 heavy (non-hydrogen) atoms. The fourth-order valence-corrected chi connectivity index (χ4v) is 7.43. The van der Waals surface area contributed by atoms with Gasteiger partial charge in [-0.15, -0.1) is 0 Å². The van der Waals surface area contributed by atoms with Crippen molar-refractivity contribution in [1.29, 1.82) is 0 Å². The number of thioether (sulfide) groups is 1. The number of methoxy groups -OCH3 is 1. The average Bonchev–Trinajstić information content (AvgIpc) is 3.03. The van der Waals surface area contributed by atoms with Crippen LogP contribution in [0.4, 0.5) is 4.79 Å². The van der Waals surface area contributed by atoms with Gasteiger partial charge in [-0.2, -0.15) is 11.8 Å². The van der Waals surface area contributed by atoms with Gasteiger partial charge in [0.2, 0.25) is 0 Å². The van der Waals surface area contributed by atoms with Crippen LogP contribution in [0.1, 0.15) is 175 Å². The van der Waals surface area contributed by atoms with Gasteiger partial charge in [0.25, 0.3) is 0 Å². The molecule has 1 saturated heterocycles. The number of nitrogens with one attached hydrogen (secondary N) is 1. The number of carbonyl (C=O) groups excluding carboxylic acids is 2. The summed E-state index contributed by atoms with van der Waals surface area (Å²) >= 11 is 1.86. The minimum Gasteiger partial charge on any atom is -0.465 e. The monoisotopic (exact) mass is 654 g/mol. The first-order valence-electron chi connectivity index (χ1n) is 18.6. The van der Waals surface area contributed by atoms with Crippen LogP contribution in [0.3, 0.4) is 0 Å². The molecule has 3 rings (SSSR count). The highest BCUT2D eigenvalue weighted by molar-refractivity contribution is 8.00. The molecule has 7 heteroatoms. The number of benzene rings is 1. The van der Waals surface area contributed by atoms with Crippen LogP contribution in [0.25, 0.3) is 10.9 Å². The van der Waals surface area contributed by atoms with E-state index < -0.39 is 6.09 Å². The third-order valence-electron chi connectivity index (χ3n) is 9.41. The fourth-order valence-electron chi connectivity index (χ4n) is 6.54. The van der Waals surface area contributed by atoms with E-state index in [1.165, 1.54) is 97.0 Å². The highest BCUT2D eigenvalue weighted by atomic mass is 32.2. The summed E-state index contributed by atoms with van der Waals surface area (Å²) < 4.78 is 11.1. The Bertz CT molecular complexity index is 1200. The van der Waals surface area contributed by atoms with Gasteiger partial charge in [-0.25, -0.2) is 9.59 Å². The zero-order valence-corrected chi connectivity index (χ0v) is 30.3. The Labute approximate surface area is 283 Å². The Kier molecular flexibility index (Phi) is 18.5. The maximum atomic E-state index is 13.3. The van der Waals surface area contributed by atoms with Crippen LogP contribution in [0.15, 0.2) is 12.1 Å². The number of amides is 1. The van der Waals surface area contributed by atoms with Crippen molar-refractivity contribution >= 4 is 34.7 Å². The van der Waals surface area contributed by atoms with Crippen molar-refractivity contribution in [3.63, 3.8) is 0 Å². The summed E-state index contributed by atoms with van der Waals surface area (Å²) in [5, 5.41) is 3.90. The van der Waals surface area contributed by atoms with Crippen LogP contribution in [-0.2, 0) is 11.2 Å². The summed E-state index contributed by atoms with van der Waals surface area (Å²) in [5.74, 6) is 1.19. The molecule has 0 radical (unpaired) electrons. The molecule has 1 aromatic carbocycles. The number of esters is 1. The van der Waals surface area contributed by atoms with Gasteiger partial charge in [0, 0.05) is 34.0 Å². The lowest BCUT2D eigenvalue weighted by atomic mass is 9.92.